The third-order valence-corrected chi connectivity index (χ3v) is 6.98. The van der Waals surface area contributed by atoms with Gasteiger partial charge in [0.25, 0.3) is 11.8 Å². The molecule has 0 radical (unpaired) electrons. The summed E-state index contributed by atoms with van der Waals surface area (Å²) < 4.78 is 27.9. The first-order chi connectivity index (χ1) is 20.1. The molecule has 9 heteroatoms. The minimum atomic E-state index is -1.09. The van der Waals surface area contributed by atoms with E-state index < -0.39 is 29.7 Å². The number of hydrogen-bond donors (Lipinski definition) is 3. The van der Waals surface area contributed by atoms with Gasteiger partial charge in [0, 0.05) is 44.6 Å². The molecule has 1 aromatic heterocycles. The van der Waals surface area contributed by atoms with Gasteiger partial charge in [0.2, 0.25) is 0 Å². The Morgan fingerprint density at radius 2 is 1.60 bits per heavy atom. The van der Waals surface area contributed by atoms with E-state index in [0.29, 0.717) is 36.7 Å². The van der Waals surface area contributed by atoms with E-state index in [-0.39, 0.29) is 24.4 Å². The van der Waals surface area contributed by atoms with Gasteiger partial charge in [0.05, 0.1) is 23.3 Å². The maximum atomic E-state index is 13.9. The lowest BCUT2D eigenvalue weighted by Crippen LogP contribution is -2.48. The van der Waals surface area contributed by atoms with E-state index in [2.05, 4.69) is 41.6 Å². The quantitative estimate of drug-likeness (QED) is 0.229. The molecular formula is C33H42F2N4O3. The number of benzene rings is 2. The molecule has 0 aliphatic heterocycles. The van der Waals surface area contributed by atoms with Gasteiger partial charge in [-0.05, 0) is 60.1 Å². The van der Waals surface area contributed by atoms with Gasteiger partial charge in [-0.1, -0.05) is 52.0 Å². The van der Waals surface area contributed by atoms with Crippen LogP contribution in [0.4, 0.5) is 8.78 Å². The van der Waals surface area contributed by atoms with Crippen LogP contribution in [0.15, 0.2) is 60.9 Å². The van der Waals surface area contributed by atoms with E-state index in [9.17, 15) is 23.5 Å². The van der Waals surface area contributed by atoms with Crippen molar-refractivity contribution in [1.29, 1.82) is 0 Å². The molecule has 7 nitrogen and oxygen atoms in total. The van der Waals surface area contributed by atoms with Crippen molar-refractivity contribution >= 4 is 11.8 Å². The molecule has 0 saturated carbocycles. The van der Waals surface area contributed by atoms with Gasteiger partial charge >= 0.3 is 0 Å². The van der Waals surface area contributed by atoms with Crippen molar-refractivity contribution in [2.24, 2.45) is 0 Å². The Morgan fingerprint density at radius 3 is 2.24 bits per heavy atom. The SMILES string of the molecule is CCCN(CCC)C(=O)c1cncc(C(=O)N[C@@H](Cc2cc(F)cc(F)c2)[C@@H](O)CNCc2cccc(C(C)C)c2)c1. The topological polar surface area (TPSA) is 94.6 Å². The Morgan fingerprint density at radius 1 is 0.929 bits per heavy atom. The van der Waals surface area contributed by atoms with E-state index in [1.54, 1.807) is 4.90 Å². The van der Waals surface area contributed by atoms with Gasteiger partial charge in [-0.2, -0.15) is 0 Å². The van der Waals surface area contributed by atoms with Crippen LogP contribution < -0.4 is 10.6 Å². The summed E-state index contributed by atoms with van der Waals surface area (Å²) in [5.41, 5.74) is 2.98. The number of aromatic nitrogens is 1. The van der Waals surface area contributed by atoms with Crippen molar-refractivity contribution in [3.8, 4) is 0 Å². The van der Waals surface area contributed by atoms with Crippen molar-refractivity contribution in [3.05, 3.63) is 100 Å². The van der Waals surface area contributed by atoms with Crippen LogP contribution >= 0.6 is 0 Å². The number of amides is 2. The number of aliphatic hydroxyl groups is 1. The van der Waals surface area contributed by atoms with E-state index >= 15 is 0 Å². The summed E-state index contributed by atoms with van der Waals surface area (Å²) in [5.74, 6) is -1.87. The Bertz CT molecular complexity index is 1310. The van der Waals surface area contributed by atoms with Gasteiger partial charge in [-0.3, -0.25) is 14.6 Å². The molecule has 0 saturated heterocycles. The molecule has 3 aromatic rings. The van der Waals surface area contributed by atoms with Crippen LogP contribution in [0.3, 0.4) is 0 Å². The number of nitrogens with one attached hydrogen (secondary N) is 2. The molecule has 0 aliphatic rings. The second kappa shape index (κ2) is 16.1. The molecule has 226 valence electrons. The van der Waals surface area contributed by atoms with Crippen LogP contribution in [0, 0.1) is 11.6 Å². The largest absolute Gasteiger partial charge is 0.390 e. The van der Waals surface area contributed by atoms with Crippen LogP contribution in [-0.4, -0.2) is 58.6 Å². The highest BCUT2D eigenvalue weighted by Gasteiger charge is 2.24. The smallest absolute Gasteiger partial charge is 0.255 e. The van der Waals surface area contributed by atoms with Crippen molar-refractivity contribution in [3.63, 3.8) is 0 Å². The predicted octanol–water partition coefficient (Wildman–Crippen LogP) is 5.24. The molecule has 0 unspecified atom stereocenters. The number of rotatable bonds is 15. The minimum Gasteiger partial charge on any atom is -0.390 e. The predicted molar refractivity (Wildman–Crippen MR) is 160 cm³/mol. The van der Waals surface area contributed by atoms with Gasteiger partial charge < -0.3 is 20.6 Å². The molecule has 0 bridgehead atoms. The maximum absolute atomic E-state index is 13.9. The molecule has 0 fully saturated rings. The summed E-state index contributed by atoms with van der Waals surface area (Å²) in [6.07, 6.45) is 3.28. The molecule has 1 heterocycles. The Labute approximate surface area is 247 Å². The number of halogens is 2. The summed E-state index contributed by atoms with van der Waals surface area (Å²) in [6.45, 7) is 10.0. The molecule has 3 N–H and O–H groups in total. The average molecular weight is 581 g/mol. The summed E-state index contributed by atoms with van der Waals surface area (Å²) >= 11 is 0. The highest BCUT2D eigenvalue weighted by atomic mass is 19.1. The molecule has 0 aliphatic carbocycles. The van der Waals surface area contributed by atoms with Crippen LogP contribution in [0.2, 0.25) is 0 Å². The van der Waals surface area contributed by atoms with Crippen molar-refractivity contribution < 1.29 is 23.5 Å². The fraction of sp³-hybridized carbons (Fsp3) is 0.424. The standard InChI is InChI=1S/C33H42F2N4O3/c1-5-10-39(11-6-2)33(42)27-16-26(19-37-20-27)32(41)38-30(15-24-13-28(34)17-29(35)14-24)31(40)21-36-18-23-8-7-9-25(12-23)22(3)4/h7-9,12-14,16-17,19-20,22,30-31,36,40H,5-6,10-11,15,18,21H2,1-4H3,(H,38,41)/t30-,31-/m0/s1. The third kappa shape index (κ3) is 9.70. The lowest BCUT2D eigenvalue weighted by atomic mass is 9.99. The first-order valence-electron chi connectivity index (χ1n) is 14.6. The van der Waals surface area contributed by atoms with Gasteiger partial charge in [0.1, 0.15) is 11.6 Å². The zero-order valence-electron chi connectivity index (χ0n) is 24.9. The molecule has 2 aromatic carbocycles. The summed E-state index contributed by atoms with van der Waals surface area (Å²) in [6, 6.07) is 11.9. The molecule has 42 heavy (non-hydrogen) atoms. The number of hydrogen-bond acceptors (Lipinski definition) is 5. The van der Waals surface area contributed by atoms with Gasteiger partial charge in [0.15, 0.2) is 0 Å². The first-order valence-corrected chi connectivity index (χ1v) is 14.6. The van der Waals surface area contributed by atoms with Crippen molar-refractivity contribution in [2.75, 3.05) is 19.6 Å². The van der Waals surface area contributed by atoms with Crippen LogP contribution in [-0.2, 0) is 13.0 Å². The molecule has 2 atom stereocenters. The normalized spacial score (nSPS) is 12.7. The first kappa shape index (κ1) is 32.8. The summed E-state index contributed by atoms with van der Waals surface area (Å²) in [4.78, 5) is 32.2. The zero-order valence-corrected chi connectivity index (χ0v) is 24.9. The van der Waals surface area contributed by atoms with E-state index in [1.165, 1.54) is 36.2 Å². The Balaban J connectivity index is 1.76. The Kier molecular flexibility index (Phi) is 12.6. The monoisotopic (exact) mass is 580 g/mol. The van der Waals surface area contributed by atoms with Crippen LogP contribution in [0.1, 0.15) is 83.9 Å². The van der Waals surface area contributed by atoms with Gasteiger partial charge in [-0.15, -0.1) is 0 Å². The van der Waals surface area contributed by atoms with Crippen molar-refractivity contribution in [1.82, 2.24) is 20.5 Å². The van der Waals surface area contributed by atoms with Gasteiger partial charge in [-0.25, -0.2) is 8.78 Å². The van der Waals surface area contributed by atoms with Crippen LogP contribution in [0.5, 0.6) is 0 Å². The number of pyridine rings is 1. The number of aliphatic hydroxyl groups excluding tert-OH is 1. The average Bonchev–Trinajstić information content (AvgIpc) is 2.96. The molecule has 2 amide bonds. The fourth-order valence-electron chi connectivity index (χ4n) is 4.80. The molecule has 0 spiro atoms. The number of carbonyl (C=O) groups is 2. The zero-order chi connectivity index (χ0) is 30.6. The Hall–Kier alpha value is -3.69. The highest BCUT2D eigenvalue weighted by Crippen LogP contribution is 2.16. The number of carbonyl (C=O) groups excluding carboxylic acids is 2. The second-order valence-electron chi connectivity index (χ2n) is 10.9. The van der Waals surface area contributed by atoms with Crippen LogP contribution in [0.25, 0.3) is 0 Å². The minimum absolute atomic E-state index is 0.0150. The molecule has 3 rings (SSSR count). The lowest BCUT2D eigenvalue weighted by Gasteiger charge is -2.25. The van der Waals surface area contributed by atoms with E-state index in [0.717, 1.165) is 24.5 Å². The van der Waals surface area contributed by atoms with E-state index in [4.69, 9.17) is 0 Å². The van der Waals surface area contributed by atoms with Crippen molar-refractivity contribution in [2.45, 2.75) is 71.6 Å². The summed E-state index contributed by atoms with van der Waals surface area (Å²) in [7, 11) is 0. The fourth-order valence-corrected chi connectivity index (χ4v) is 4.80. The summed E-state index contributed by atoms with van der Waals surface area (Å²) in [5, 5.41) is 17.1. The highest BCUT2D eigenvalue weighted by molar-refractivity contribution is 5.99. The maximum Gasteiger partial charge on any atom is 0.255 e. The second-order valence-corrected chi connectivity index (χ2v) is 10.9. The number of nitrogens with zero attached hydrogens (tertiary/aromatic N) is 2. The van der Waals surface area contributed by atoms with E-state index in [1.807, 2.05) is 26.0 Å². The third-order valence-electron chi connectivity index (χ3n) is 6.98. The lowest BCUT2D eigenvalue weighted by molar-refractivity contribution is 0.0755. The molecular weight excluding hydrogens is 538 g/mol.